The molecule has 1 aliphatic rings. The van der Waals surface area contributed by atoms with Crippen molar-refractivity contribution in [2.45, 2.75) is 53.0 Å². The Labute approximate surface area is 183 Å². The second-order valence-electron chi connectivity index (χ2n) is 8.65. The van der Waals surface area contributed by atoms with Gasteiger partial charge >= 0.3 is 5.97 Å². The van der Waals surface area contributed by atoms with E-state index in [-0.39, 0.29) is 5.97 Å². The number of esters is 1. The molecule has 1 aromatic carbocycles. The summed E-state index contributed by atoms with van der Waals surface area (Å²) >= 11 is 7.12. The van der Waals surface area contributed by atoms with E-state index in [9.17, 15) is 4.79 Å². The van der Waals surface area contributed by atoms with Gasteiger partial charge in [0.2, 0.25) is 0 Å². The van der Waals surface area contributed by atoms with Crippen LogP contribution in [0.15, 0.2) is 36.4 Å². The summed E-state index contributed by atoms with van der Waals surface area (Å²) in [6.45, 7) is 9.09. The number of rotatable bonds is 5. The minimum Gasteiger partial charge on any atom is -0.462 e. The molecule has 1 heterocycles. The van der Waals surface area contributed by atoms with Crippen molar-refractivity contribution in [3.63, 3.8) is 0 Å². The van der Waals surface area contributed by atoms with Crippen molar-refractivity contribution >= 4 is 39.6 Å². The van der Waals surface area contributed by atoms with E-state index in [0.29, 0.717) is 34.7 Å². The van der Waals surface area contributed by atoms with E-state index in [2.05, 4.69) is 31.4 Å². The first-order valence-electron chi connectivity index (χ1n) is 10.2. The molecule has 4 nitrogen and oxygen atoms in total. The van der Waals surface area contributed by atoms with Crippen LogP contribution >= 0.6 is 23.6 Å². The first-order valence-corrected chi connectivity index (χ1v) is 11.4. The van der Waals surface area contributed by atoms with Crippen LogP contribution in [0.2, 0.25) is 0 Å². The molecule has 0 amide bonds. The molecule has 156 valence electrons. The monoisotopic (exact) mass is 430 g/mol. The van der Waals surface area contributed by atoms with E-state index in [0.717, 1.165) is 28.3 Å². The Morgan fingerprint density at radius 3 is 2.66 bits per heavy atom. The van der Waals surface area contributed by atoms with Crippen LogP contribution in [0.3, 0.4) is 0 Å². The molecule has 1 saturated carbocycles. The molecule has 2 aromatic rings. The third-order valence-corrected chi connectivity index (χ3v) is 6.55. The van der Waals surface area contributed by atoms with Gasteiger partial charge in [-0.1, -0.05) is 51.1 Å². The van der Waals surface area contributed by atoms with Gasteiger partial charge in [-0.05, 0) is 61.4 Å². The zero-order chi connectivity index (χ0) is 21.0. The van der Waals surface area contributed by atoms with Gasteiger partial charge in [0.1, 0.15) is 5.00 Å². The molecule has 0 aliphatic heterocycles. The zero-order valence-corrected chi connectivity index (χ0v) is 19.2. The fourth-order valence-electron chi connectivity index (χ4n) is 4.37. The minimum absolute atomic E-state index is 0.310. The van der Waals surface area contributed by atoms with Gasteiger partial charge < -0.3 is 15.4 Å². The maximum atomic E-state index is 12.5. The molecule has 29 heavy (non-hydrogen) atoms. The van der Waals surface area contributed by atoms with Crippen molar-refractivity contribution in [1.29, 1.82) is 0 Å². The lowest BCUT2D eigenvalue weighted by Crippen LogP contribution is -2.44. The maximum Gasteiger partial charge on any atom is 0.341 e. The summed E-state index contributed by atoms with van der Waals surface area (Å²) in [7, 11) is 0. The van der Waals surface area contributed by atoms with Crippen LogP contribution in [0.5, 0.6) is 0 Å². The number of thiophene rings is 1. The summed E-state index contributed by atoms with van der Waals surface area (Å²) in [5, 5.41) is 8.03. The Kier molecular flexibility index (Phi) is 6.96. The van der Waals surface area contributed by atoms with Gasteiger partial charge in [0.25, 0.3) is 0 Å². The standard InChI is InChI=1S/C23H30N2O2S2/c1-5-27-21(26)18-12-19(16-9-7-6-8-10-16)29-20(18)25-22(28)24-17-11-15(2)13-23(3,4)14-17/h6-10,12,15,17H,5,11,13-14H2,1-4H3,(H2,24,25,28). The SMILES string of the molecule is CCOC(=O)c1cc(-c2ccccc2)sc1NC(=S)NC1CC(C)CC(C)(C)C1. The van der Waals surface area contributed by atoms with Gasteiger partial charge in [-0.15, -0.1) is 11.3 Å². The van der Waals surface area contributed by atoms with Gasteiger partial charge in [-0.2, -0.15) is 0 Å². The van der Waals surface area contributed by atoms with Crippen LogP contribution in [0.1, 0.15) is 57.3 Å². The number of thiocarbonyl (C=S) groups is 1. The Bertz CT molecular complexity index is 861. The second-order valence-corrected chi connectivity index (χ2v) is 10.1. The molecule has 0 saturated heterocycles. The van der Waals surface area contributed by atoms with Crippen molar-refractivity contribution < 1.29 is 9.53 Å². The van der Waals surface area contributed by atoms with Gasteiger partial charge in [-0.3, -0.25) is 0 Å². The van der Waals surface area contributed by atoms with E-state index in [4.69, 9.17) is 17.0 Å². The van der Waals surface area contributed by atoms with Gasteiger partial charge in [0, 0.05) is 10.9 Å². The van der Waals surface area contributed by atoms with Crippen molar-refractivity contribution in [2.75, 3.05) is 11.9 Å². The van der Waals surface area contributed by atoms with Crippen LogP contribution in [-0.4, -0.2) is 23.7 Å². The molecule has 2 N–H and O–H groups in total. The highest BCUT2D eigenvalue weighted by atomic mass is 32.1. The quantitative estimate of drug-likeness (QED) is 0.444. The van der Waals surface area contributed by atoms with Crippen molar-refractivity contribution in [1.82, 2.24) is 5.32 Å². The molecule has 2 unspecified atom stereocenters. The molecule has 0 bridgehead atoms. The van der Waals surface area contributed by atoms with Crippen LogP contribution in [0, 0.1) is 11.3 Å². The Morgan fingerprint density at radius 1 is 1.28 bits per heavy atom. The summed E-state index contributed by atoms with van der Waals surface area (Å²) < 4.78 is 5.25. The highest BCUT2D eigenvalue weighted by Crippen LogP contribution is 2.39. The number of nitrogens with one attached hydrogen (secondary N) is 2. The van der Waals surface area contributed by atoms with Crippen LogP contribution in [-0.2, 0) is 4.74 Å². The summed E-state index contributed by atoms with van der Waals surface area (Å²) in [6, 6.07) is 12.3. The molecule has 3 rings (SSSR count). The van der Waals surface area contributed by atoms with Crippen molar-refractivity contribution in [3.8, 4) is 10.4 Å². The molecular formula is C23H30N2O2S2. The predicted molar refractivity (Wildman–Crippen MR) is 126 cm³/mol. The average molecular weight is 431 g/mol. The maximum absolute atomic E-state index is 12.5. The second kappa shape index (κ2) is 9.26. The first kappa shape index (κ1) is 21.8. The van der Waals surface area contributed by atoms with E-state index in [1.54, 1.807) is 0 Å². The summed E-state index contributed by atoms with van der Waals surface area (Å²) in [4.78, 5) is 13.5. The third kappa shape index (κ3) is 5.80. The van der Waals surface area contributed by atoms with E-state index < -0.39 is 0 Å². The van der Waals surface area contributed by atoms with E-state index in [1.807, 2.05) is 43.3 Å². The molecule has 0 spiro atoms. The van der Waals surface area contributed by atoms with Crippen LogP contribution in [0.25, 0.3) is 10.4 Å². The summed E-state index contributed by atoms with van der Waals surface area (Å²) in [5.41, 5.74) is 1.90. The third-order valence-electron chi connectivity index (χ3n) is 5.23. The zero-order valence-electron chi connectivity index (χ0n) is 17.6. The largest absolute Gasteiger partial charge is 0.462 e. The predicted octanol–water partition coefficient (Wildman–Crippen LogP) is 6.09. The molecule has 1 aromatic heterocycles. The number of hydrogen-bond donors (Lipinski definition) is 2. The molecule has 6 heteroatoms. The normalized spacial score (nSPS) is 20.7. The fourth-order valence-corrected chi connectivity index (χ4v) is 5.76. The van der Waals surface area contributed by atoms with Crippen molar-refractivity contribution in [3.05, 3.63) is 42.0 Å². The molecular weight excluding hydrogens is 400 g/mol. The Hall–Kier alpha value is -1.92. The van der Waals surface area contributed by atoms with Gasteiger partial charge in [-0.25, -0.2) is 4.79 Å². The number of carbonyl (C=O) groups is 1. The number of carbonyl (C=O) groups excluding carboxylic acids is 1. The average Bonchev–Trinajstić information content (AvgIpc) is 3.04. The molecule has 1 aliphatic carbocycles. The highest BCUT2D eigenvalue weighted by Gasteiger charge is 2.32. The smallest absolute Gasteiger partial charge is 0.341 e. The summed E-state index contributed by atoms with van der Waals surface area (Å²) in [5.74, 6) is 0.337. The molecule has 2 atom stereocenters. The molecule has 1 fully saturated rings. The fraction of sp³-hybridized carbons (Fsp3) is 0.478. The van der Waals surface area contributed by atoms with E-state index >= 15 is 0 Å². The van der Waals surface area contributed by atoms with Gasteiger partial charge in [0.05, 0.1) is 12.2 Å². The summed E-state index contributed by atoms with van der Waals surface area (Å²) in [6.07, 6.45) is 3.43. The Balaban J connectivity index is 1.77. The van der Waals surface area contributed by atoms with E-state index in [1.165, 1.54) is 17.8 Å². The number of hydrogen-bond acceptors (Lipinski definition) is 4. The van der Waals surface area contributed by atoms with Crippen molar-refractivity contribution in [2.24, 2.45) is 11.3 Å². The Morgan fingerprint density at radius 2 is 2.00 bits per heavy atom. The number of anilines is 1. The van der Waals surface area contributed by atoms with Gasteiger partial charge in [0.15, 0.2) is 5.11 Å². The highest BCUT2D eigenvalue weighted by molar-refractivity contribution is 7.80. The minimum atomic E-state index is -0.330. The van der Waals surface area contributed by atoms with Crippen LogP contribution < -0.4 is 10.6 Å². The lowest BCUT2D eigenvalue weighted by Gasteiger charge is -2.39. The van der Waals surface area contributed by atoms with Crippen LogP contribution in [0.4, 0.5) is 5.00 Å². The number of ether oxygens (including phenoxy) is 1. The first-order chi connectivity index (χ1) is 13.8. The lowest BCUT2D eigenvalue weighted by molar-refractivity contribution is 0.0528. The molecule has 0 radical (unpaired) electrons. The number of benzene rings is 1. The lowest BCUT2D eigenvalue weighted by atomic mass is 9.71. The topological polar surface area (TPSA) is 50.4 Å².